The van der Waals surface area contributed by atoms with Crippen LogP contribution in [0, 0.1) is 5.41 Å². The van der Waals surface area contributed by atoms with E-state index in [4.69, 9.17) is 9.47 Å². The third-order valence-electron chi connectivity index (χ3n) is 5.14. The average Bonchev–Trinajstić information content (AvgIpc) is 2.39. The molecule has 2 fully saturated rings. The number of quaternary nitrogens is 1. The first-order valence-electron chi connectivity index (χ1n) is 8.14. The normalized spacial score (nSPS) is 37.9. The molecule has 2 aliphatic heterocycles. The van der Waals surface area contributed by atoms with Gasteiger partial charge in [0, 0.05) is 12.0 Å². The smallest absolute Gasteiger partial charge is 0.361 e. The zero-order valence-corrected chi connectivity index (χ0v) is 13.3. The minimum absolute atomic E-state index is 0.0324. The van der Waals surface area contributed by atoms with E-state index >= 15 is 0 Å². The maximum atomic E-state index is 11.7. The lowest BCUT2D eigenvalue weighted by Crippen LogP contribution is -3.15. The minimum atomic E-state index is -0.0511. The van der Waals surface area contributed by atoms with Gasteiger partial charge in [-0.05, 0) is 46.0 Å². The average molecular weight is 284 g/mol. The van der Waals surface area contributed by atoms with Gasteiger partial charge < -0.3 is 14.4 Å². The molecule has 2 aliphatic rings. The Morgan fingerprint density at radius 1 is 1.35 bits per heavy atom. The Bertz CT molecular complexity index is 343. The number of hydrogen-bond donors (Lipinski definition) is 1. The zero-order valence-electron chi connectivity index (χ0n) is 13.3. The van der Waals surface area contributed by atoms with Crippen LogP contribution in [-0.2, 0) is 14.3 Å². The Morgan fingerprint density at radius 2 is 2.15 bits per heavy atom. The first-order valence-corrected chi connectivity index (χ1v) is 8.14. The molecule has 0 aromatic heterocycles. The molecule has 2 saturated heterocycles. The van der Waals surface area contributed by atoms with E-state index < -0.39 is 0 Å². The van der Waals surface area contributed by atoms with Crippen molar-refractivity contribution in [3.8, 4) is 0 Å². The molecule has 0 aromatic rings. The van der Waals surface area contributed by atoms with Crippen molar-refractivity contribution in [1.29, 1.82) is 0 Å². The third kappa shape index (κ3) is 3.73. The molecule has 1 spiro atoms. The van der Waals surface area contributed by atoms with E-state index in [1.165, 1.54) is 17.7 Å². The maximum Gasteiger partial charge on any atom is 0.361 e. The van der Waals surface area contributed by atoms with Gasteiger partial charge in [-0.2, -0.15) is 0 Å². The number of esters is 1. The number of ether oxygens (including phenoxy) is 2. The topological polar surface area (TPSA) is 40.0 Å². The molecule has 0 saturated carbocycles. The molecule has 1 N–H and O–H groups in total. The van der Waals surface area contributed by atoms with Crippen molar-refractivity contribution in [3.05, 3.63) is 0 Å². The lowest BCUT2D eigenvalue weighted by molar-refractivity contribution is -0.906. The summed E-state index contributed by atoms with van der Waals surface area (Å²) in [4.78, 5) is 13.1. The molecule has 2 rings (SSSR count). The molecule has 2 heterocycles. The van der Waals surface area contributed by atoms with Crippen molar-refractivity contribution >= 4 is 5.97 Å². The Balaban J connectivity index is 1.96. The van der Waals surface area contributed by atoms with Crippen molar-refractivity contribution in [3.63, 3.8) is 0 Å². The molecule has 4 nitrogen and oxygen atoms in total. The maximum absolute atomic E-state index is 11.7. The van der Waals surface area contributed by atoms with E-state index in [1.807, 2.05) is 6.92 Å². The van der Waals surface area contributed by atoms with Gasteiger partial charge >= 0.3 is 5.97 Å². The molecule has 3 atom stereocenters. The fraction of sp³-hybridized carbons (Fsp3) is 0.938. The van der Waals surface area contributed by atoms with Crippen LogP contribution in [-0.4, -0.2) is 44.4 Å². The van der Waals surface area contributed by atoms with E-state index in [1.54, 1.807) is 0 Å². The number of hydrogen-bond acceptors (Lipinski definition) is 3. The first kappa shape index (κ1) is 15.8. The van der Waals surface area contributed by atoms with Crippen molar-refractivity contribution in [2.24, 2.45) is 5.41 Å². The van der Waals surface area contributed by atoms with E-state index in [0.29, 0.717) is 18.6 Å². The monoisotopic (exact) mass is 284 g/mol. The van der Waals surface area contributed by atoms with Gasteiger partial charge in [-0.15, -0.1) is 0 Å². The van der Waals surface area contributed by atoms with Crippen molar-refractivity contribution in [2.75, 3.05) is 32.8 Å². The lowest BCUT2D eigenvalue weighted by Gasteiger charge is -2.48. The highest BCUT2D eigenvalue weighted by Crippen LogP contribution is 2.43. The first-order chi connectivity index (χ1) is 9.51. The van der Waals surface area contributed by atoms with Crippen LogP contribution in [0.25, 0.3) is 0 Å². The van der Waals surface area contributed by atoms with Gasteiger partial charge in [0.05, 0.1) is 25.3 Å². The predicted octanol–water partition coefficient (Wildman–Crippen LogP) is 1.19. The quantitative estimate of drug-likeness (QED) is 0.789. The molecule has 0 bridgehead atoms. The Hall–Kier alpha value is -0.610. The predicted molar refractivity (Wildman–Crippen MR) is 77.7 cm³/mol. The van der Waals surface area contributed by atoms with Crippen molar-refractivity contribution < 1.29 is 19.2 Å². The van der Waals surface area contributed by atoms with Gasteiger partial charge in [-0.1, -0.05) is 6.92 Å². The zero-order chi connectivity index (χ0) is 14.6. The van der Waals surface area contributed by atoms with Crippen LogP contribution >= 0.6 is 0 Å². The van der Waals surface area contributed by atoms with Crippen LogP contribution in [0.3, 0.4) is 0 Å². The van der Waals surface area contributed by atoms with Crippen LogP contribution in [0.2, 0.25) is 0 Å². The molecule has 20 heavy (non-hydrogen) atoms. The lowest BCUT2D eigenvalue weighted by atomic mass is 9.68. The van der Waals surface area contributed by atoms with Gasteiger partial charge in [-0.3, -0.25) is 0 Å². The Morgan fingerprint density at radius 3 is 2.85 bits per heavy atom. The van der Waals surface area contributed by atoms with Crippen LogP contribution < -0.4 is 4.90 Å². The van der Waals surface area contributed by atoms with E-state index in [0.717, 1.165) is 39.0 Å². The highest BCUT2D eigenvalue weighted by atomic mass is 16.5. The van der Waals surface area contributed by atoms with Gasteiger partial charge in [0.25, 0.3) is 0 Å². The largest absolute Gasteiger partial charge is 0.462 e. The number of nitrogens with one attached hydrogen (secondary N) is 1. The molecule has 1 unspecified atom stereocenters. The molecule has 0 radical (unpaired) electrons. The van der Waals surface area contributed by atoms with E-state index in [2.05, 4.69) is 13.8 Å². The summed E-state index contributed by atoms with van der Waals surface area (Å²) in [5.74, 6) is -0.0511. The molecular weight excluding hydrogens is 254 g/mol. The second-order valence-corrected chi connectivity index (χ2v) is 6.84. The van der Waals surface area contributed by atoms with Crippen LogP contribution in [0.4, 0.5) is 0 Å². The fourth-order valence-electron chi connectivity index (χ4n) is 4.03. The molecule has 116 valence electrons. The van der Waals surface area contributed by atoms with Gasteiger partial charge in [0.1, 0.15) is 0 Å². The number of rotatable bonds is 4. The number of carbonyl (C=O) groups is 1. The Kier molecular flexibility index (Phi) is 5.08. The van der Waals surface area contributed by atoms with Crippen LogP contribution in [0.15, 0.2) is 0 Å². The summed E-state index contributed by atoms with van der Waals surface area (Å²) in [6, 6.07) is 0. The molecule has 0 amide bonds. The second kappa shape index (κ2) is 6.44. The minimum Gasteiger partial charge on any atom is -0.462 e. The number of piperidine rings is 1. The molecule has 0 aliphatic carbocycles. The van der Waals surface area contributed by atoms with Gasteiger partial charge in [0.15, 0.2) is 6.54 Å². The highest BCUT2D eigenvalue weighted by molar-refractivity contribution is 5.70. The molecule has 4 heteroatoms. The third-order valence-corrected chi connectivity index (χ3v) is 5.14. The van der Waals surface area contributed by atoms with E-state index in [9.17, 15) is 4.79 Å². The summed E-state index contributed by atoms with van der Waals surface area (Å²) in [6.45, 7) is 10.4. The fourth-order valence-corrected chi connectivity index (χ4v) is 4.03. The number of likely N-dealkylation sites (tertiary alicyclic amines) is 1. The van der Waals surface area contributed by atoms with E-state index in [-0.39, 0.29) is 11.6 Å². The standard InChI is InChI=1S/C16H29NO3/c1-4-15(3)12-16(8-10-20-15)7-6-9-17(13-16)11-14(18)19-5-2/h4-13H2,1-3H3/p+1/t15-,16+/m0/s1. The number of carbonyl (C=O) groups excluding carboxylic acids is 1. The summed E-state index contributed by atoms with van der Waals surface area (Å²) in [5.41, 5.74) is 0.410. The summed E-state index contributed by atoms with van der Waals surface area (Å²) >= 11 is 0. The van der Waals surface area contributed by atoms with Crippen molar-refractivity contribution in [2.45, 2.75) is 58.5 Å². The Labute approximate surface area is 122 Å². The summed E-state index contributed by atoms with van der Waals surface area (Å²) in [5, 5.41) is 0. The summed E-state index contributed by atoms with van der Waals surface area (Å²) in [6.07, 6.45) is 5.87. The SMILES string of the molecule is CCOC(=O)C[NH+]1CCC[C@]2(CCO[C@@](C)(CC)C2)C1. The highest BCUT2D eigenvalue weighted by Gasteiger charge is 2.46. The molecular formula is C16H30NO3+. The van der Waals surface area contributed by atoms with Crippen LogP contribution in [0.1, 0.15) is 52.9 Å². The van der Waals surface area contributed by atoms with Crippen LogP contribution in [0.5, 0.6) is 0 Å². The second-order valence-electron chi connectivity index (χ2n) is 6.84. The van der Waals surface area contributed by atoms with Gasteiger partial charge in [-0.25, -0.2) is 4.79 Å². The molecule has 0 aromatic carbocycles. The van der Waals surface area contributed by atoms with Crippen molar-refractivity contribution in [1.82, 2.24) is 0 Å². The summed E-state index contributed by atoms with van der Waals surface area (Å²) in [7, 11) is 0. The summed E-state index contributed by atoms with van der Waals surface area (Å²) < 4.78 is 11.1. The van der Waals surface area contributed by atoms with Gasteiger partial charge in [0.2, 0.25) is 0 Å².